The average molecular weight is 276 g/mol. The van der Waals surface area contributed by atoms with Crippen LogP contribution in [0.5, 0.6) is 5.75 Å². The van der Waals surface area contributed by atoms with Gasteiger partial charge in [0.15, 0.2) is 5.82 Å². The molecule has 20 heavy (non-hydrogen) atoms. The SMILES string of the molecule is COc1cccc(N)c1C(=O)NCCc1nc(C)no1. The summed E-state index contributed by atoms with van der Waals surface area (Å²) in [5.41, 5.74) is 6.50. The van der Waals surface area contributed by atoms with Gasteiger partial charge in [0.25, 0.3) is 5.91 Å². The molecule has 2 aromatic rings. The number of carbonyl (C=O) groups excluding carboxylic acids is 1. The summed E-state index contributed by atoms with van der Waals surface area (Å²) in [6, 6.07) is 5.07. The van der Waals surface area contributed by atoms with Gasteiger partial charge in [0.1, 0.15) is 11.3 Å². The maximum atomic E-state index is 12.1. The largest absolute Gasteiger partial charge is 0.496 e. The van der Waals surface area contributed by atoms with Gasteiger partial charge >= 0.3 is 0 Å². The van der Waals surface area contributed by atoms with Crippen molar-refractivity contribution in [2.24, 2.45) is 0 Å². The lowest BCUT2D eigenvalue weighted by atomic mass is 10.1. The first-order chi connectivity index (χ1) is 9.61. The molecule has 106 valence electrons. The Kier molecular flexibility index (Phi) is 4.19. The summed E-state index contributed by atoms with van der Waals surface area (Å²) >= 11 is 0. The van der Waals surface area contributed by atoms with E-state index in [0.717, 1.165) is 0 Å². The molecule has 7 heteroatoms. The van der Waals surface area contributed by atoms with Gasteiger partial charge in [0, 0.05) is 18.7 Å². The smallest absolute Gasteiger partial charge is 0.257 e. The number of benzene rings is 1. The highest BCUT2D eigenvalue weighted by atomic mass is 16.5. The summed E-state index contributed by atoms with van der Waals surface area (Å²) in [5, 5.41) is 6.42. The number of methoxy groups -OCH3 is 1. The fourth-order valence-electron chi connectivity index (χ4n) is 1.77. The third-order valence-corrected chi connectivity index (χ3v) is 2.70. The van der Waals surface area contributed by atoms with E-state index in [2.05, 4.69) is 15.5 Å². The number of ether oxygens (including phenoxy) is 1. The molecule has 0 unspecified atom stereocenters. The Balaban J connectivity index is 1.98. The van der Waals surface area contributed by atoms with Crippen LogP contribution in [0.4, 0.5) is 5.69 Å². The molecule has 0 aliphatic rings. The van der Waals surface area contributed by atoms with E-state index >= 15 is 0 Å². The molecule has 0 radical (unpaired) electrons. The van der Waals surface area contributed by atoms with Crippen molar-refractivity contribution in [2.45, 2.75) is 13.3 Å². The van der Waals surface area contributed by atoms with Gasteiger partial charge in [0.05, 0.1) is 7.11 Å². The maximum Gasteiger partial charge on any atom is 0.257 e. The van der Waals surface area contributed by atoms with Gasteiger partial charge in [-0.2, -0.15) is 4.98 Å². The predicted molar refractivity (Wildman–Crippen MR) is 72.5 cm³/mol. The Labute approximate surface area is 116 Å². The quantitative estimate of drug-likeness (QED) is 0.788. The van der Waals surface area contributed by atoms with Gasteiger partial charge in [-0.25, -0.2) is 0 Å². The van der Waals surface area contributed by atoms with Crippen LogP contribution in [0.1, 0.15) is 22.1 Å². The third-order valence-electron chi connectivity index (χ3n) is 2.70. The number of carbonyl (C=O) groups is 1. The van der Waals surface area contributed by atoms with Crippen LogP contribution < -0.4 is 15.8 Å². The van der Waals surface area contributed by atoms with Gasteiger partial charge in [-0.15, -0.1) is 0 Å². The summed E-state index contributed by atoms with van der Waals surface area (Å²) in [5.74, 6) is 1.20. The number of hydrogen-bond acceptors (Lipinski definition) is 6. The van der Waals surface area contributed by atoms with Gasteiger partial charge in [0.2, 0.25) is 5.89 Å². The molecular formula is C13H16N4O3. The van der Waals surface area contributed by atoms with Crippen molar-refractivity contribution < 1.29 is 14.1 Å². The van der Waals surface area contributed by atoms with Crippen LogP contribution in [-0.2, 0) is 6.42 Å². The Bertz CT molecular complexity index is 609. The van der Waals surface area contributed by atoms with Crippen LogP contribution in [0.3, 0.4) is 0 Å². The second kappa shape index (κ2) is 6.05. The second-order valence-corrected chi connectivity index (χ2v) is 4.17. The summed E-state index contributed by atoms with van der Waals surface area (Å²) in [7, 11) is 1.49. The Morgan fingerprint density at radius 1 is 1.50 bits per heavy atom. The number of nitrogens with one attached hydrogen (secondary N) is 1. The molecule has 0 aliphatic heterocycles. The standard InChI is InChI=1S/C13H16N4O3/c1-8-16-11(20-17-8)6-7-15-13(18)12-9(14)4-3-5-10(12)19-2/h3-5H,6-7,14H2,1-2H3,(H,15,18). The second-order valence-electron chi connectivity index (χ2n) is 4.17. The molecular weight excluding hydrogens is 260 g/mol. The normalized spacial score (nSPS) is 10.3. The molecule has 0 atom stereocenters. The number of aryl methyl sites for hydroxylation is 1. The zero-order valence-electron chi connectivity index (χ0n) is 11.3. The number of anilines is 1. The minimum absolute atomic E-state index is 0.295. The minimum atomic E-state index is -0.295. The van der Waals surface area contributed by atoms with E-state index in [1.54, 1.807) is 25.1 Å². The summed E-state index contributed by atoms with van der Waals surface area (Å²) in [4.78, 5) is 16.2. The topological polar surface area (TPSA) is 103 Å². The van der Waals surface area contributed by atoms with Crippen LogP contribution in [0, 0.1) is 6.92 Å². The monoisotopic (exact) mass is 276 g/mol. The minimum Gasteiger partial charge on any atom is -0.496 e. The van der Waals surface area contributed by atoms with Crippen LogP contribution in [0.25, 0.3) is 0 Å². The fraction of sp³-hybridized carbons (Fsp3) is 0.308. The lowest BCUT2D eigenvalue weighted by Gasteiger charge is -2.10. The van der Waals surface area contributed by atoms with Crippen molar-refractivity contribution in [3.8, 4) is 5.75 Å². The molecule has 3 N–H and O–H groups in total. The van der Waals surface area contributed by atoms with Crippen molar-refractivity contribution in [1.29, 1.82) is 0 Å². The lowest BCUT2D eigenvalue weighted by Crippen LogP contribution is -2.27. The first kappa shape index (κ1) is 13.9. The molecule has 0 saturated carbocycles. The highest BCUT2D eigenvalue weighted by molar-refractivity contribution is 6.01. The van der Waals surface area contributed by atoms with Gasteiger partial charge in [-0.1, -0.05) is 11.2 Å². The van der Waals surface area contributed by atoms with Crippen LogP contribution in [-0.4, -0.2) is 29.7 Å². The van der Waals surface area contributed by atoms with Crippen molar-refractivity contribution in [1.82, 2.24) is 15.5 Å². The van der Waals surface area contributed by atoms with Crippen molar-refractivity contribution in [2.75, 3.05) is 19.4 Å². The Hall–Kier alpha value is -2.57. The lowest BCUT2D eigenvalue weighted by molar-refractivity contribution is 0.0951. The van der Waals surface area contributed by atoms with Crippen molar-refractivity contribution in [3.63, 3.8) is 0 Å². The third kappa shape index (κ3) is 3.05. The van der Waals surface area contributed by atoms with Crippen LogP contribution >= 0.6 is 0 Å². The zero-order chi connectivity index (χ0) is 14.5. The van der Waals surface area contributed by atoms with Crippen molar-refractivity contribution in [3.05, 3.63) is 35.5 Å². The van der Waals surface area contributed by atoms with E-state index in [1.807, 2.05) is 0 Å². The van der Waals surface area contributed by atoms with E-state index < -0.39 is 0 Å². The highest BCUT2D eigenvalue weighted by Crippen LogP contribution is 2.23. The molecule has 0 bridgehead atoms. The van der Waals surface area contributed by atoms with Gasteiger partial charge in [-0.05, 0) is 19.1 Å². The van der Waals surface area contributed by atoms with E-state index in [0.29, 0.717) is 41.7 Å². The molecule has 0 spiro atoms. The number of aromatic nitrogens is 2. The van der Waals surface area contributed by atoms with E-state index in [1.165, 1.54) is 7.11 Å². The highest BCUT2D eigenvalue weighted by Gasteiger charge is 2.15. The molecule has 0 fully saturated rings. The molecule has 2 rings (SSSR count). The first-order valence-electron chi connectivity index (χ1n) is 6.11. The van der Waals surface area contributed by atoms with Gasteiger partial charge in [-0.3, -0.25) is 4.79 Å². The number of rotatable bonds is 5. The number of hydrogen-bond donors (Lipinski definition) is 2. The van der Waals surface area contributed by atoms with Crippen molar-refractivity contribution >= 4 is 11.6 Å². The van der Waals surface area contributed by atoms with E-state index in [9.17, 15) is 4.79 Å². The summed E-state index contributed by atoms with van der Waals surface area (Å²) in [6.07, 6.45) is 0.460. The molecule has 1 aromatic carbocycles. The number of nitrogens with two attached hydrogens (primary N) is 1. The molecule has 7 nitrogen and oxygen atoms in total. The molecule has 0 saturated heterocycles. The number of nitrogen functional groups attached to an aromatic ring is 1. The zero-order valence-corrected chi connectivity index (χ0v) is 11.3. The maximum absolute atomic E-state index is 12.1. The first-order valence-corrected chi connectivity index (χ1v) is 6.11. The predicted octanol–water partition coefficient (Wildman–Crippen LogP) is 0.941. The van der Waals surface area contributed by atoms with Crippen LogP contribution in [0.2, 0.25) is 0 Å². The fourth-order valence-corrected chi connectivity index (χ4v) is 1.77. The number of nitrogens with zero attached hydrogens (tertiary/aromatic N) is 2. The Morgan fingerprint density at radius 2 is 2.30 bits per heavy atom. The Morgan fingerprint density at radius 3 is 2.95 bits per heavy atom. The van der Waals surface area contributed by atoms with E-state index in [4.69, 9.17) is 15.0 Å². The number of amides is 1. The van der Waals surface area contributed by atoms with Crippen LogP contribution in [0.15, 0.2) is 22.7 Å². The average Bonchev–Trinajstić information content (AvgIpc) is 2.83. The molecule has 0 aliphatic carbocycles. The summed E-state index contributed by atoms with van der Waals surface area (Å²) in [6.45, 7) is 2.11. The molecule has 1 aromatic heterocycles. The van der Waals surface area contributed by atoms with E-state index in [-0.39, 0.29) is 5.91 Å². The summed E-state index contributed by atoms with van der Waals surface area (Å²) < 4.78 is 10.1. The molecule has 1 amide bonds. The molecule has 1 heterocycles. The van der Waals surface area contributed by atoms with Gasteiger partial charge < -0.3 is 20.3 Å².